The van der Waals surface area contributed by atoms with Gasteiger partial charge in [0.1, 0.15) is 24.7 Å². The Bertz CT molecular complexity index is 227. The SMILES string of the molecule is CCCC(=O)OCCOC(=O)C[S+](CC)CC. The maximum atomic E-state index is 11.4. The molecule has 0 aromatic rings. The first kappa shape index (κ1) is 16.3. The quantitative estimate of drug-likeness (QED) is 0.360. The molecule has 0 amide bonds. The summed E-state index contributed by atoms with van der Waals surface area (Å²) in [6.07, 6.45) is 1.19. The summed E-state index contributed by atoms with van der Waals surface area (Å²) in [5.74, 6) is 2.08. The molecule has 100 valence electrons. The zero-order chi connectivity index (χ0) is 13.1. The summed E-state index contributed by atoms with van der Waals surface area (Å²) in [5.41, 5.74) is 0. The Hall–Kier alpha value is -0.710. The highest BCUT2D eigenvalue weighted by molar-refractivity contribution is 7.97. The Kier molecular flexibility index (Phi) is 10.0. The maximum Gasteiger partial charge on any atom is 0.356 e. The molecule has 0 rings (SSSR count). The van der Waals surface area contributed by atoms with Gasteiger partial charge < -0.3 is 9.47 Å². The second kappa shape index (κ2) is 10.4. The highest BCUT2D eigenvalue weighted by atomic mass is 32.2. The van der Waals surface area contributed by atoms with E-state index >= 15 is 0 Å². The summed E-state index contributed by atoms with van der Waals surface area (Å²) < 4.78 is 9.87. The van der Waals surface area contributed by atoms with E-state index in [1.165, 1.54) is 0 Å². The smallest absolute Gasteiger partial charge is 0.356 e. The fraction of sp³-hybridized carbons (Fsp3) is 0.833. The summed E-state index contributed by atoms with van der Waals surface area (Å²) in [4.78, 5) is 22.4. The van der Waals surface area contributed by atoms with E-state index in [4.69, 9.17) is 9.47 Å². The molecule has 0 spiro atoms. The lowest BCUT2D eigenvalue weighted by atomic mass is 10.3. The first-order chi connectivity index (χ1) is 8.13. The molecule has 0 saturated carbocycles. The number of carbonyl (C=O) groups is 2. The van der Waals surface area contributed by atoms with Crippen molar-refractivity contribution in [3.05, 3.63) is 0 Å². The first-order valence-corrected chi connectivity index (χ1v) is 7.82. The van der Waals surface area contributed by atoms with E-state index in [0.717, 1.165) is 17.9 Å². The lowest BCUT2D eigenvalue weighted by molar-refractivity contribution is -0.150. The molecule has 0 unspecified atom stereocenters. The van der Waals surface area contributed by atoms with E-state index in [2.05, 4.69) is 13.8 Å². The Balaban J connectivity index is 3.54. The highest BCUT2D eigenvalue weighted by Gasteiger charge is 2.19. The van der Waals surface area contributed by atoms with Crippen molar-refractivity contribution in [3.8, 4) is 0 Å². The van der Waals surface area contributed by atoms with Crippen molar-refractivity contribution in [2.24, 2.45) is 0 Å². The molecule has 0 aromatic carbocycles. The van der Waals surface area contributed by atoms with Crippen LogP contribution in [0.1, 0.15) is 33.6 Å². The van der Waals surface area contributed by atoms with Crippen LogP contribution in [0.25, 0.3) is 0 Å². The van der Waals surface area contributed by atoms with Gasteiger partial charge in [0.15, 0.2) is 0 Å². The molecule has 0 aromatic heterocycles. The average Bonchev–Trinajstić information content (AvgIpc) is 2.32. The molecule has 0 radical (unpaired) electrons. The second-order valence-corrected chi connectivity index (χ2v) is 6.19. The molecule has 17 heavy (non-hydrogen) atoms. The van der Waals surface area contributed by atoms with Crippen LogP contribution in [0.3, 0.4) is 0 Å². The van der Waals surface area contributed by atoms with Crippen LogP contribution < -0.4 is 0 Å². The Labute approximate surface area is 106 Å². The average molecular weight is 263 g/mol. The van der Waals surface area contributed by atoms with Crippen molar-refractivity contribution >= 4 is 22.8 Å². The number of ether oxygens (including phenoxy) is 2. The molecule has 0 fully saturated rings. The van der Waals surface area contributed by atoms with Crippen LogP contribution >= 0.6 is 0 Å². The molecular formula is C12H23O4S+. The maximum absolute atomic E-state index is 11.4. The fourth-order valence-corrected chi connectivity index (χ4v) is 2.44. The zero-order valence-corrected chi connectivity index (χ0v) is 11.8. The van der Waals surface area contributed by atoms with Gasteiger partial charge in [0.2, 0.25) is 5.75 Å². The predicted molar refractivity (Wildman–Crippen MR) is 70.1 cm³/mol. The fourth-order valence-electron chi connectivity index (χ4n) is 1.20. The number of hydrogen-bond donors (Lipinski definition) is 0. The lowest BCUT2D eigenvalue weighted by Gasteiger charge is -2.06. The van der Waals surface area contributed by atoms with E-state index in [-0.39, 0.29) is 36.0 Å². The third-order valence-corrected chi connectivity index (χ3v) is 4.48. The summed E-state index contributed by atoms with van der Waals surface area (Å²) in [7, 11) is 0.132. The minimum Gasteiger partial charge on any atom is -0.462 e. The van der Waals surface area contributed by atoms with Crippen LogP contribution in [0.15, 0.2) is 0 Å². The molecule has 0 atom stereocenters. The van der Waals surface area contributed by atoms with Crippen molar-refractivity contribution in [1.82, 2.24) is 0 Å². The van der Waals surface area contributed by atoms with Gasteiger partial charge in [0, 0.05) is 6.42 Å². The van der Waals surface area contributed by atoms with Crippen LogP contribution in [0.2, 0.25) is 0 Å². The van der Waals surface area contributed by atoms with E-state index in [9.17, 15) is 9.59 Å². The summed E-state index contributed by atoms with van der Waals surface area (Å²) in [5, 5.41) is 0. The van der Waals surface area contributed by atoms with Gasteiger partial charge in [0.05, 0.1) is 0 Å². The van der Waals surface area contributed by atoms with Crippen molar-refractivity contribution < 1.29 is 19.1 Å². The molecule has 0 heterocycles. The molecular weight excluding hydrogens is 240 g/mol. The first-order valence-electron chi connectivity index (χ1n) is 6.09. The van der Waals surface area contributed by atoms with Crippen LogP contribution in [0, 0.1) is 0 Å². The number of rotatable bonds is 9. The minimum atomic E-state index is -0.231. The van der Waals surface area contributed by atoms with Gasteiger partial charge in [0.25, 0.3) is 0 Å². The van der Waals surface area contributed by atoms with Crippen LogP contribution in [-0.2, 0) is 30.0 Å². The van der Waals surface area contributed by atoms with Crippen molar-refractivity contribution in [2.45, 2.75) is 33.6 Å². The third-order valence-electron chi connectivity index (χ3n) is 2.20. The van der Waals surface area contributed by atoms with Crippen molar-refractivity contribution in [2.75, 3.05) is 30.5 Å². The number of esters is 2. The summed E-state index contributed by atoms with van der Waals surface area (Å²) in [6.45, 7) is 6.40. The highest BCUT2D eigenvalue weighted by Crippen LogP contribution is 1.98. The molecule has 0 aliphatic rings. The summed E-state index contributed by atoms with van der Waals surface area (Å²) >= 11 is 0. The topological polar surface area (TPSA) is 52.6 Å². The number of carbonyl (C=O) groups excluding carboxylic acids is 2. The largest absolute Gasteiger partial charge is 0.462 e. The van der Waals surface area contributed by atoms with Gasteiger partial charge in [-0.1, -0.05) is 6.92 Å². The van der Waals surface area contributed by atoms with Crippen LogP contribution in [-0.4, -0.2) is 42.4 Å². The van der Waals surface area contributed by atoms with E-state index in [1.807, 2.05) is 6.92 Å². The van der Waals surface area contributed by atoms with Gasteiger partial charge in [-0.3, -0.25) is 4.79 Å². The molecule has 0 saturated heterocycles. The normalized spacial score (nSPS) is 10.4. The summed E-state index contributed by atoms with van der Waals surface area (Å²) in [6, 6.07) is 0. The zero-order valence-electron chi connectivity index (χ0n) is 11.0. The number of hydrogen-bond acceptors (Lipinski definition) is 4. The van der Waals surface area contributed by atoms with E-state index < -0.39 is 0 Å². The molecule has 0 aliphatic heterocycles. The molecule has 0 bridgehead atoms. The molecule has 5 heteroatoms. The van der Waals surface area contributed by atoms with Crippen molar-refractivity contribution in [3.63, 3.8) is 0 Å². The minimum absolute atomic E-state index is 0.132. The van der Waals surface area contributed by atoms with E-state index in [1.54, 1.807) is 0 Å². The second-order valence-electron chi connectivity index (χ2n) is 3.53. The molecule has 0 aliphatic carbocycles. The Morgan fingerprint density at radius 3 is 1.94 bits per heavy atom. The third kappa shape index (κ3) is 9.03. The standard InChI is InChI=1S/C12H23O4S/c1-4-7-11(13)15-8-9-16-12(14)10-17(5-2)6-3/h4-10H2,1-3H3/q+1. The monoisotopic (exact) mass is 263 g/mol. The van der Waals surface area contributed by atoms with Crippen LogP contribution in [0.4, 0.5) is 0 Å². The van der Waals surface area contributed by atoms with Gasteiger partial charge in [-0.2, -0.15) is 0 Å². The molecule has 0 N–H and O–H groups in total. The van der Waals surface area contributed by atoms with Gasteiger partial charge >= 0.3 is 11.9 Å². The van der Waals surface area contributed by atoms with Gasteiger partial charge in [-0.25, -0.2) is 4.79 Å². The predicted octanol–water partition coefficient (Wildman–Crippen LogP) is 1.53. The lowest BCUT2D eigenvalue weighted by Crippen LogP contribution is -2.23. The van der Waals surface area contributed by atoms with Crippen molar-refractivity contribution in [1.29, 1.82) is 0 Å². The Morgan fingerprint density at radius 2 is 1.47 bits per heavy atom. The van der Waals surface area contributed by atoms with Gasteiger partial charge in [-0.15, -0.1) is 0 Å². The molecule has 4 nitrogen and oxygen atoms in total. The van der Waals surface area contributed by atoms with E-state index in [0.29, 0.717) is 12.2 Å². The van der Waals surface area contributed by atoms with Crippen LogP contribution in [0.5, 0.6) is 0 Å². The van der Waals surface area contributed by atoms with Gasteiger partial charge in [-0.05, 0) is 31.2 Å². The Morgan fingerprint density at radius 1 is 0.941 bits per heavy atom.